The van der Waals surface area contributed by atoms with Crippen molar-refractivity contribution < 1.29 is 47.4 Å². The molecule has 10 nitrogen and oxygen atoms in total. The molecule has 5 aromatic carbocycles. The Morgan fingerprint density at radius 1 is 0.576 bits per heavy atom. The SMILES string of the molecule is CO[C@H]1O[C@H](COCc2ccccc2)[C@@H](O[C@H]2C[C@@H]3COC(c4ccccc4)O[C@H]3[C@H](OCc3ccccc3)C2=O)[C@H](OCc2ccccc2)[C@H]1OCc1ccccc1. The summed E-state index contributed by atoms with van der Waals surface area (Å²) in [6.45, 7) is 1.62. The molecule has 0 aromatic heterocycles. The molecule has 3 aliphatic rings. The van der Waals surface area contributed by atoms with Gasteiger partial charge in [0.2, 0.25) is 0 Å². The number of carbonyl (C=O) groups is 1. The van der Waals surface area contributed by atoms with Gasteiger partial charge in [0.15, 0.2) is 18.4 Å². The Hall–Kier alpha value is -4.59. The number of fused-ring (bicyclic) bond motifs is 1. The summed E-state index contributed by atoms with van der Waals surface area (Å²) in [4.78, 5) is 14.9. The largest absolute Gasteiger partial charge is 0.374 e. The van der Waals surface area contributed by atoms with Crippen molar-refractivity contribution in [1.82, 2.24) is 0 Å². The Morgan fingerprint density at radius 3 is 1.64 bits per heavy atom. The lowest BCUT2D eigenvalue weighted by Crippen LogP contribution is -2.64. The molecule has 2 heterocycles. The zero-order valence-electron chi connectivity index (χ0n) is 33.2. The molecule has 5 aromatic rings. The van der Waals surface area contributed by atoms with Gasteiger partial charge in [-0.15, -0.1) is 0 Å². The van der Waals surface area contributed by atoms with Gasteiger partial charge in [0.1, 0.15) is 36.6 Å². The highest BCUT2D eigenvalue weighted by molar-refractivity contribution is 5.89. The van der Waals surface area contributed by atoms with E-state index in [2.05, 4.69) is 0 Å². The first kappa shape index (κ1) is 41.2. The van der Waals surface area contributed by atoms with Gasteiger partial charge in [-0.3, -0.25) is 4.79 Å². The third-order valence-electron chi connectivity index (χ3n) is 11.1. The Balaban J connectivity index is 1.10. The number of hydrogen-bond acceptors (Lipinski definition) is 10. The summed E-state index contributed by atoms with van der Waals surface area (Å²) >= 11 is 0. The van der Waals surface area contributed by atoms with E-state index in [0.29, 0.717) is 19.6 Å². The third kappa shape index (κ3) is 10.6. The molecule has 0 spiro atoms. The lowest BCUT2D eigenvalue weighted by molar-refractivity contribution is -0.329. The van der Waals surface area contributed by atoms with Crippen molar-refractivity contribution in [3.8, 4) is 0 Å². The maximum atomic E-state index is 14.9. The molecular formula is C49H52O10. The summed E-state index contributed by atoms with van der Waals surface area (Å²) in [5.41, 5.74) is 4.79. The van der Waals surface area contributed by atoms with Crippen LogP contribution in [0.4, 0.5) is 0 Å². The number of benzene rings is 5. The molecule has 10 atom stereocenters. The first-order chi connectivity index (χ1) is 29.1. The summed E-state index contributed by atoms with van der Waals surface area (Å²) < 4.78 is 59.0. The number of hydrogen-bond donors (Lipinski definition) is 0. The van der Waals surface area contributed by atoms with Crippen LogP contribution in [0.25, 0.3) is 0 Å². The fourth-order valence-corrected chi connectivity index (χ4v) is 8.02. The van der Waals surface area contributed by atoms with Crippen molar-refractivity contribution >= 4 is 5.78 Å². The molecule has 8 rings (SSSR count). The van der Waals surface area contributed by atoms with Crippen LogP contribution >= 0.6 is 0 Å². The summed E-state index contributed by atoms with van der Waals surface area (Å²) in [6.07, 6.45) is -6.48. The smallest absolute Gasteiger partial charge is 0.192 e. The van der Waals surface area contributed by atoms with E-state index in [-0.39, 0.29) is 38.1 Å². The second-order valence-electron chi connectivity index (χ2n) is 15.2. The Bertz CT molecular complexity index is 1990. The lowest BCUT2D eigenvalue weighted by Gasteiger charge is -2.49. The number of Topliss-reactive ketones (excluding diaryl/α,β-unsaturated/α-hetero) is 1. The molecule has 0 radical (unpaired) electrons. The van der Waals surface area contributed by atoms with Gasteiger partial charge in [-0.1, -0.05) is 152 Å². The molecule has 3 fully saturated rings. The van der Waals surface area contributed by atoms with Gasteiger partial charge in [-0.05, 0) is 28.7 Å². The van der Waals surface area contributed by atoms with Gasteiger partial charge in [0.05, 0.1) is 45.7 Å². The minimum atomic E-state index is -0.924. The fraction of sp³-hybridized carbons (Fsp3) is 0.367. The predicted octanol–water partition coefficient (Wildman–Crippen LogP) is 7.79. The van der Waals surface area contributed by atoms with E-state index in [0.717, 1.165) is 27.8 Å². The molecule has 2 aliphatic heterocycles. The number of carbonyl (C=O) groups excluding carboxylic acids is 1. The van der Waals surface area contributed by atoms with Gasteiger partial charge in [0.25, 0.3) is 0 Å². The van der Waals surface area contributed by atoms with Crippen LogP contribution < -0.4 is 0 Å². The number of rotatable bonds is 17. The van der Waals surface area contributed by atoms with Crippen LogP contribution in [0.2, 0.25) is 0 Å². The minimum Gasteiger partial charge on any atom is -0.374 e. The quantitative estimate of drug-likeness (QED) is 0.0927. The Morgan fingerprint density at radius 2 is 1.08 bits per heavy atom. The van der Waals surface area contributed by atoms with E-state index in [1.165, 1.54) is 0 Å². The van der Waals surface area contributed by atoms with Crippen LogP contribution in [0.1, 0.15) is 40.5 Å². The van der Waals surface area contributed by atoms with Crippen LogP contribution in [-0.4, -0.2) is 75.1 Å². The van der Waals surface area contributed by atoms with Crippen LogP contribution in [-0.2, 0) is 73.9 Å². The monoisotopic (exact) mass is 800 g/mol. The molecule has 10 heteroatoms. The molecular weight excluding hydrogens is 749 g/mol. The average Bonchev–Trinajstić information content (AvgIpc) is 3.29. The minimum absolute atomic E-state index is 0.141. The number of ketones is 1. The maximum Gasteiger partial charge on any atom is 0.192 e. The lowest BCUT2D eigenvalue weighted by atomic mass is 9.80. The topological polar surface area (TPSA) is 100 Å². The van der Waals surface area contributed by atoms with Gasteiger partial charge < -0.3 is 42.6 Å². The third-order valence-corrected chi connectivity index (χ3v) is 11.1. The van der Waals surface area contributed by atoms with Crippen LogP contribution in [0.15, 0.2) is 152 Å². The van der Waals surface area contributed by atoms with Gasteiger partial charge in [-0.25, -0.2) is 0 Å². The zero-order chi connectivity index (χ0) is 40.2. The predicted molar refractivity (Wildman–Crippen MR) is 219 cm³/mol. The standard InChI is InChI=1S/C49H52O10/c1-51-49-47(55-31-37-23-13-5-14-24-37)46(54-30-36-21-11-4-12-22-36)44(41(58-49)33-52-28-34-17-7-2-8-18-34)57-40-27-39-32-56-48(38-25-15-6-16-26-38)59-43(39)45(42(40)50)53-29-35-19-9-3-10-20-35/h2-26,39-41,43-49H,27-33H2,1H3/t39-,40+,41-,43-,44-,45-,46+,47-,48?,49+/m1/s1. The van der Waals surface area contributed by atoms with Crippen molar-refractivity contribution in [3.63, 3.8) is 0 Å². The summed E-state index contributed by atoms with van der Waals surface area (Å²) in [6, 6.07) is 49.4. The van der Waals surface area contributed by atoms with E-state index in [9.17, 15) is 4.79 Å². The van der Waals surface area contributed by atoms with Crippen molar-refractivity contribution in [3.05, 3.63) is 179 Å². The number of methoxy groups -OCH3 is 1. The van der Waals surface area contributed by atoms with E-state index in [1.54, 1.807) is 7.11 Å². The summed E-state index contributed by atoms with van der Waals surface area (Å²) in [5, 5.41) is 0. The van der Waals surface area contributed by atoms with Gasteiger partial charge in [0, 0.05) is 18.6 Å². The molecule has 59 heavy (non-hydrogen) atoms. The van der Waals surface area contributed by atoms with E-state index in [4.69, 9.17) is 42.6 Å². The Kier molecular flexibility index (Phi) is 14.4. The first-order valence-electron chi connectivity index (χ1n) is 20.4. The highest BCUT2D eigenvalue weighted by atomic mass is 16.7. The highest BCUT2D eigenvalue weighted by Gasteiger charge is 2.54. The van der Waals surface area contributed by atoms with Crippen molar-refractivity contribution in [2.24, 2.45) is 5.92 Å². The van der Waals surface area contributed by atoms with Crippen LogP contribution in [0.3, 0.4) is 0 Å². The second kappa shape index (κ2) is 20.6. The zero-order valence-corrected chi connectivity index (χ0v) is 33.2. The second-order valence-corrected chi connectivity index (χ2v) is 15.2. The molecule has 0 bridgehead atoms. The van der Waals surface area contributed by atoms with Crippen molar-refractivity contribution in [1.29, 1.82) is 0 Å². The molecule has 1 saturated carbocycles. The van der Waals surface area contributed by atoms with Gasteiger partial charge in [-0.2, -0.15) is 0 Å². The Labute approximate surface area is 346 Å². The fourth-order valence-electron chi connectivity index (χ4n) is 8.02. The molecule has 2 saturated heterocycles. The molecule has 0 N–H and O–H groups in total. The average molecular weight is 801 g/mol. The summed E-state index contributed by atoms with van der Waals surface area (Å²) in [7, 11) is 1.59. The normalized spacial score (nSPS) is 28.2. The van der Waals surface area contributed by atoms with Crippen molar-refractivity contribution in [2.45, 2.75) is 88.2 Å². The first-order valence-corrected chi connectivity index (χ1v) is 20.4. The van der Waals surface area contributed by atoms with Crippen LogP contribution in [0.5, 0.6) is 0 Å². The highest BCUT2D eigenvalue weighted by Crippen LogP contribution is 2.40. The van der Waals surface area contributed by atoms with Gasteiger partial charge >= 0.3 is 0 Å². The van der Waals surface area contributed by atoms with E-state index in [1.807, 2.05) is 152 Å². The van der Waals surface area contributed by atoms with E-state index < -0.39 is 55.3 Å². The number of ether oxygens (including phenoxy) is 9. The molecule has 1 unspecified atom stereocenters. The maximum absolute atomic E-state index is 14.9. The molecule has 1 aliphatic carbocycles. The van der Waals surface area contributed by atoms with Crippen molar-refractivity contribution in [2.75, 3.05) is 20.3 Å². The molecule has 0 amide bonds. The van der Waals surface area contributed by atoms with E-state index >= 15 is 0 Å². The summed E-state index contributed by atoms with van der Waals surface area (Å²) in [5.74, 6) is -0.409. The van der Waals surface area contributed by atoms with Crippen LogP contribution in [0, 0.1) is 5.92 Å². The molecule has 308 valence electrons.